The van der Waals surface area contributed by atoms with Crippen LogP contribution in [0, 0.1) is 0 Å². The molecule has 5 heteroatoms. The van der Waals surface area contributed by atoms with Crippen LogP contribution in [0.3, 0.4) is 0 Å². The average Bonchev–Trinajstić information content (AvgIpc) is 2.36. The number of rotatable bonds is 3. The van der Waals surface area contributed by atoms with Gasteiger partial charge in [-0.15, -0.1) is 0 Å². The van der Waals surface area contributed by atoms with Crippen LogP contribution in [0.4, 0.5) is 5.69 Å². The first kappa shape index (κ1) is 14.1. The number of benzene rings is 1. The Bertz CT molecular complexity index is 501. The molecule has 1 N–H and O–H groups in total. The van der Waals surface area contributed by atoms with Crippen molar-refractivity contribution in [2.24, 2.45) is 0 Å². The SMILES string of the molecule is CC1CN(c2ccc(Br)cc2/C=C/C(=O)O)CCO1. The maximum Gasteiger partial charge on any atom is 0.328 e. The highest BCUT2D eigenvalue weighted by molar-refractivity contribution is 9.10. The summed E-state index contributed by atoms with van der Waals surface area (Å²) >= 11 is 3.41. The van der Waals surface area contributed by atoms with Crippen LogP contribution in [0.5, 0.6) is 0 Å². The van der Waals surface area contributed by atoms with Crippen LogP contribution in [-0.4, -0.2) is 36.9 Å². The van der Waals surface area contributed by atoms with Gasteiger partial charge in [0, 0.05) is 29.3 Å². The van der Waals surface area contributed by atoms with Crippen molar-refractivity contribution in [3.63, 3.8) is 0 Å². The summed E-state index contributed by atoms with van der Waals surface area (Å²) in [6, 6.07) is 5.89. The molecule has 1 atom stereocenters. The van der Waals surface area contributed by atoms with Crippen molar-refractivity contribution in [2.75, 3.05) is 24.6 Å². The molecule has 1 unspecified atom stereocenters. The van der Waals surface area contributed by atoms with Gasteiger partial charge in [-0.2, -0.15) is 0 Å². The Morgan fingerprint density at radius 2 is 2.37 bits per heavy atom. The van der Waals surface area contributed by atoms with Gasteiger partial charge >= 0.3 is 5.97 Å². The molecular weight excluding hydrogens is 310 g/mol. The number of morpholine rings is 1. The fraction of sp³-hybridized carbons (Fsp3) is 0.357. The second-order valence-electron chi connectivity index (χ2n) is 4.50. The number of aliphatic carboxylic acids is 1. The number of carboxylic acid groups (broad SMARTS) is 1. The molecule has 0 aromatic heterocycles. The van der Waals surface area contributed by atoms with E-state index in [1.54, 1.807) is 6.08 Å². The third-order valence-electron chi connectivity index (χ3n) is 2.98. The van der Waals surface area contributed by atoms with Crippen molar-refractivity contribution in [2.45, 2.75) is 13.0 Å². The van der Waals surface area contributed by atoms with Gasteiger partial charge in [-0.25, -0.2) is 4.79 Å². The lowest BCUT2D eigenvalue weighted by Gasteiger charge is -2.34. The van der Waals surface area contributed by atoms with Gasteiger partial charge in [0.15, 0.2) is 0 Å². The fourth-order valence-electron chi connectivity index (χ4n) is 2.15. The van der Waals surface area contributed by atoms with Gasteiger partial charge in [-0.05, 0) is 36.8 Å². The molecule has 19 heavy (non-hydrogen) atoms. The van der Waals surface area contributed by atoms with E-state index < -0.39 is 5.97 Å². The average molecular weight is 326 g/mol. The van der Waals surface area contributed by atoms with Gasteiger partial charge in [0.1, 0.15) is 0 Å². The Balaban J connectivity index is 2.30. The summed E-state index contributed by atoms with van der Waals surface area (Å²) in [7, 11) is 0. The lowest BCUT2D eigenvalue weighted by Crippen LogP contribution is -2.41. The minimum atomic E-state index is -0.943. The molecule has 0 saturated carbocycles. The monoisotopic (exact) mass is 325 g/mol. The van der Waals surface area contributed by atoms with Gasteiger partial charge in [-0.1, -0.05) is 15.9 Å². The molecule has 0 aliphatic carbocycles. The summed E-state index contributed by atoms with van der Waals surface area (Å²) < 4.78 is 6.46. The second-order valence-corrected chi connectivity index (χ2v) is 5.42. The third kappa shape index (κ3) is 3.81. The Hall–Kier alpha value is -1.33. The van der Waals surface area contributed by atoms with Crippen LogP contribution < -0.4 is 4.90 Å². The molecule has 2 rings (SSSR count). The van der Waals surface area contributed by atoms with Crippen LogP contribution in [0.25, 0.3) is 6.08 Å². The van der Waals surface area contributed by atoms with Crippen LogP contribution in [0.1, 0.15) is 12.5 Å². The molecule has 1 aromatic carbocycles. The fourth-order valence-corrected chi connectivity index (χ4v) is 2.52. The van der Waals surface area contributed by atoms with Crippen LogP contribution in [0.2, 0.25) is 0 Å². The first-order valence-corrected chi connectivity index (χ1v) is 6.92. The van der Waals surface area contributed by atoms with E-state index >= 15 is 0 Å². The first-order valence-electron chi connectivity index (χ1n) is 6.13. The van der Waals surface area contributed by atoms with Crippen LogP contribution in [-0.2, 0) is 9.53 Å². The molecule has 102 valence electrons. The maximum absolute atomic E-state index is 10.7. The van der Waals surface area contributed by atoms with Crippen LogP contribution in [0.15, 0.2) is 28.7 Å². The van der Waals surface area contributed by atoms with E-state index in [9.17, 15) is 4.79 Å². The van der Waals surface area contributed by atoms with E-state index in [0.717, 1.165) is 34.9 Å². The Morgan fingerprint density at radius 1 is 1.58 bits per heavy atom. The van der Waals surface area contributed by atoms with Gasteiger partial charge in [0.05, 0.1) is 12.7 Å². The standard InChI is InChI=1S/C14H16BrNO3/c1-10-9-16(6-7-19-10)13-4-3-12(15)8-11(13)2-5-14(17)18/h2-5,8,10H,6-7,9H2,1H3,(H,17,18)/b5-2+. The number of hydrogen-bond acceptors (Lipinski definition) is 3. The van der Waals surface area contributed by atoms with Crippen molar-refractivity contribution in [3.05, 3.63) is 34.3 Å². The van der Waals surface area contributed by atoms with E-state index in [1.165, 1.54) is 0 Å². The number of anilines is 1. The van der Waals surface area contributed by atoms with E-state index in [0.29, 0.717) is 6.61 Å². The molecule has 1 aromatic rings. The summed E-state index contributed by atoms with van der Waals surface area (Å²) in [6.07, 6.45) is 2.98. The van der Waals surface area contributed by atoms with E-state index in [1.807, 2.05) is 25.1 Å². The number of hydrogen-bond donors (Lipinski definition) is 1. The molecule has 0 amide bonds. The van der Waals surface area contributed by atoms with Gasteiger partial charge < -0.3 is 14.7 Å². The van der Waals surface area contributed by atoms with Gasteiger partial charge in [-0.3, -0.25) is 0 Å². The zero-order chi connectivity index (χ0) is 13.8. The summed E-state index contributed by atoms with van der Waals surface area (Å²) in [6.45, 7) is 4.37. The summed E-state index contributed by atoms with van der Waals surface area (Å²) in [5.74, 6) is -0.943. The predicted molar refractivity (Wildman–Crippen MR) is 78.4 cm³/mol. The molecule has 1 aliphatic rings. The third-order valence-corrected chi connectivity index (χ3v) is 3.47. The zero-order valence-corrected chi connectivity index (χ0v) is 12.3. The van der Waals surface area contributed by atoms with Crippen molar-refractivity contribution in [3.8, 4) is 0 Å². The Morgan fingerprint density at radius 3 is 3.05 bits per heavy atom. The second kappa shape index (κ2) is 6.21. The molecular formula is C14H16BrNO3. The molecule has 1 heterocycles. The molecule has 0 spiro atoms. The maximum atomic E-state index is 10.7. The van der Waals surface area contributed by atoms with E-state index in [2.05, 4.69) is 20.8 Å². The number of carboxylic acids is 1. The largest absolute Gasteiger partial charge is 0.478 e. The van der Waals surface area contributed by atoms with Gasteiger partial charge in [0.2, 0.25) is 0 Å². The van der Waals surface area contributed by atoms with Gasteiger partial charge in [0.25, 0.3) is 0 Å². The highest BCUT2D eigenvalue weighted by atomic mass is 79.9. The highest BCUT2D eigenvalue weighted by Gasteiger charge is 2.18. The number of halogens is 1. The quantitative estimate of drug-likeness (QED) is 0.868. The lowest BCUT2D eigenvalue weighted by molar-refractivity contribution is -0.131. The summed E-state index contributed by atoms with van der Waals surface area (Å²) in [5.41, 5.74) is 1.93. The molecule has 1 aliphatic heterocycles. The smallest absolute Gasteiger partial charge is 0.328 e. The highest BCUT2D eigenvalue weighted by Crippen LogP contribution is 2.27. The number of carbonyl (C=O) groups is 1. The Kier molecular flexibility index (Phi) is 4.61. The molecule has 0 bridgehead atoms. The lowest BCUT2D eigenvalue weighted by atomic mass is 10.1. The minimum absolute atomic E-state index is 0.189. The molecule has 1 saturated heterocycles. The van der Waals surface area contributed by atoms with Crippen molar-refractivity contribution < 1.29 is 14.6 Å². The Labute approximate surface area is 120 Å². The molecule has 0 radical (unpaired) electrons. The normalized spacial score (nSPS) is 19.9. The van der Waals surface area contributed by atoms with E-state index in [-0.39, 0.29) is 6.10 Å². The molecule has 4 nitrogen and oxygen atoms in total. The number of nitrogens with zero attached hydrogens (tertiary/aromatic N) is 1. The predicted octanol–water partition coefficient (Wildman–Crippen LogP) is 2.77. The minimum Gasteiger partial charge on any atom is -0.478 e. The first-order chi connectivity index (χ1) is 9.06. The topological polar surface area (TPSA) is 49.8 Å². The summed E-state index contributed by atoms with van der Waals surface area (Å²) in [5, 5.41) is 8.76. The van der Waals surface area contributed by atoms with Crippen molar-refractivity contribution >= 4 is 33.7 Å². The summed E-state index contributed by atoms with van der Waals surface area (Å²) in [4.78, 5) is 12.9. The number of ether oxygens (including phenoxy) is 1. The zero-order valence-electron chi connectivity index (χ0n) is 10.7. The van der Waals surface area contributed by atoms with Crippen molar-refractivity contribution in [1.29, 1.82) is 0 Å². The van der Waals surface area contributed by atoms with E-state index in [4.69, 9.17) is 9.84 Å². The van der Waals surface area contributed by atoms with Crippen molar-refractivity contribution in [1.82, 2.24) is 0 Å². The molecule has 1 fully saturated rings. The van der Waals surface area contributed by atoms with Crippen LogP contribution >= 0.6 is 15.9 Å².